The summed E-state index contributed by atoms with van der Waals surface area (Å²) in [6.07, 6.45) is -2.52. The van der Waals surface area contributed by atoms with Crippen LogP contribution in [0.15, 0.2) is 12.1 Å². The van der Waals surface area contributed by atoms with Gasteiger partial charge in [0.15, 0.2) is 0 Å². The van der Waals surface area contributed by atoms with Gasteiger partial charge in [0.25, 0.3) is 6.43 Å². The molecule has 0 aliphatic rings. The standard InChI is InChI=1S/C6H7ClF2N2S/c7-4-2-1-3(12-4)5(11-10)6(8)9/h1-2,5-6,11H,10H2. The monoisotopic (exact) mass is 212 g/mol. The van der Waals surface area contributed by atoms with Crippen molar-refractivity contribution < 1.29 is 8.78 Å². The number of nitrogens with one attached hydrogen (secondary N) is 1. The number of hydrogen-bond acceptors (Lipinski definition) is 3. The lowest BCUT2D eigenvalue weighted by Gasteiger charge is -2.11. The van der Waals surface area contributed by atoms with Crippen molar-refractivity contribution in [3.8, 4) is 0 Å². The van der Waals surface area contributed by atoms with E-state index < -0.39 is 12.5 Å². The van der Waals surface area contributed by atoms with E-state index in [0.29, 0.717) is 9.21 Å². The first kappa shape index (κ1) is 9.85. The van der Waals surface area contributed by atoms with Gasteiger partial charge in [0.2, 0.25) is 0 Å². The molecule has 0 aliphatic carbocycles. The highest BCUT2D eigenvalue weighted by molar-refractivity contribution is 7.16. The highest BCUT2D eigenvalue weighted by Crippen LogP contribution is 2.29. The average Bonchev–Trinajstić information content (AvgIpc) is 2.37. The molecule has 1 aromatic rings. The molecule has 1 aromatic heterocycles. The van der Waals surface area contributed by atoms with Crippen molar-refractivity contribution in [2.24, 2.45) is 5.84 Å². The third-order valence-electron chi connectivity index (χ3n) is 1.33. The summed E-state index contributed by atoms with van der Waals surface area (Å²) in [5.41, 5.74) is 2.03. The molecule has 6 heteroatoms. The molecule has 2 nitrogen and oxygen atoms in total. The van der Waals surface area contributed by atoms with Crippen molar-refractivity contribution in [3.63, 3.8) is 0 Å². The third-order valence-corrected chi connectivity index (χ3v) is 2.65. The van der Waals surface area contributed by atoms with Crippen LogP contribution in [0, 0.1) is 0 Å². The molecule has 1 heterocycles. The summed E-state index contributed by atoms with van der Waals surface area (Å²) in [5, 5.41) is 0. The minimum Gasteiger partial charge on any atom is -0.271 e. The number of alkyl halides is 2. The molecule has 0 saturated carbocycles. The van der Waals surface area contributed by atoms with E-state index >= 15 is 0 Å². The Morgan fingerprint density at radius 1 is 1.50 bits per heavy atom. The summed E-state index contributed by atoms with van der Waals surface area (Å²) in [7, 11) is 0. The van der Waals surface area contributed by atoms with E-state index in [-0.39, 0.29) is 0 Å². The van der Waals surface area contributed by atoms with Crippen molar-refractivity contribution in [1.82, 2.24) is 5.43 Å². The second-order valence-electron chi connectivity index (χ2n) is 2.12. The first-order valence-electron chi connectivity index (χ1n) is 3.14. The molecule has 0 amide bonds. The zero-order chi connectivity index (χ0) is 9.14. The van der Waals surface area contributed by atoms with Crippen LogP contribution >= 0.6 is 22.9 Å². The van der Waals surface area contributed by atoms with E-state index in [1.165, 1.54) is 6.07 Å². The molecule has 1 unspecified atom stereocenters. The van der Waals surface area contributed by atoms with Crippen LogP contribution in [0.4, 0.5) is 8.78 Å². The zero-order valence-electron chi connectivity index (χ0n) is 5.93. The predicted octanol–water partition coefficient (Wildman–Crippen LogP) is 2.17. The lowest BCUT2D eigenvalue weighted by molar-refractivity contribution is 0.100. The molecule has 3 N–H and O–H groups in total. The van der Waals surface area contributed by atoms with Gasteiger partial charge < -0.3 is 0 Å². The topological polar surface area (TPSA) is 38.0 Å². The van der Waals surface area contributed by atoms with E-state index in [2.05, 4.69) is 0 Å². The highest BCUT2D eigenvalue weighted by atomic mass is 35.5. The fraction of sp³-hybridized carbons (Fsp3) is 0.333. The third kappa shape index (κ3) is 2.13. The number of hydrogen-bond donors (Lipinski definition) is 2. The van der Waals surface area contributed by atoms with Crippen LogP contribution in [0.3, 0.4) is 0 Å². The minimum absolute atomic E-state index is 0.442. The van der Waals surface area contributed by atoms with Gasteiger partial charge in [0.1, 0.15) is 6.04 Å². The second kappa shape index (κ2) is 4.13. The van der Waals surface area contributed by atoms with Gasteiger partial charge >= 0.3 is 0 Å². The van der Waals surface area contributed by atoms with Gasteiger partial charge in [-0.25, -0.2) is 14.2 Å². The first-order valence-corrected chi connectivity index (χ1v) is 4.34. The first-order chi connectivity index (χ1) is 5.65. The number of rotatable bonds is 3. The molecule has 0 fully saturated rings. The summed E-state index contributed by atoms with van der Waals surface area (Å²) < 4.78 is 24.9. The molecule has 0 saturated heterocycles. The molecule has 12 heavy (non-hydrogen) atoms. The predicted molar refractivity (Wildman–Crippen MR) is 45.4 cm³/mol. The smallest absolute Gasteiger partial charge is 0.259 e. The molecule has 0 aliphatic heterocycles. The van der Waals surface area contributed by atoms with Gasteiger partial charge in [0.05, 0.1) is 4.34 Å². The summed E-state index contributed by atoms with van der Waals surface area (Å²) in [4.78, 5) is 0.442. The Morgan fingerprint density at radius 2 is 2.17 bits per heavy atom. The van der Waals surface area contributed by atoms with Crippen LogP contribution in [0.1, 0.15) is 10.9 Å². The molecule has 0 bridgehead atoms. The molecular formula is C6H7ClF2N2S. The number of hydrazine groups is 1. The SMILES string of the molecule is NNC(c1ccc(Cl)s1)C(F)F. The molecular weight excluding hydrogens is 206 g/mol. The Kier molecular flexibility index (Phi) is 3.39. The van der Waals surface area contributed by atoms with Crippen molar-refractivity contribution in [3.05, 3.63) is 21.3 Å². The Hall–Kier alpha value is -0.230. The van der Waals surface area contributed by atoms with Gasteiger partial charge in [0, 0.05) is 4.88 Å². The molecule has 0 spiro atoms. The van der Waals surface area contributed by atoms with E-state index in [0.717, 1.165) is 11.3 Å². The number of halogens is 3. The number of thiophene rings is 1. The van der Waals surface area contributed by atoms with Crippen LogP contribution in [-0.4, -0.2) is 6.43 Å². The van der Waals surface area contributed by atoms with Crippen LogP contribution in [0.2, 0.25) is 4.34 Å². The van der Waals surface area contributed by atoms with Crippen LogP contribution in [0.25, 0.3) is 0 Å². The Labute approximate surface area is 77.3 Å². The highest BCUT2D eigenvalue weighted by Gasteiger charge is 2.22. The van der Waals surface area contributed by atoms with Gasteiger partial charge in [-0.2, -0.15) is 0 Å². The summed E-state index contributed by atoms with van der Waals surface area (Å²) >= 11 is 6.66. The van der Waals surface area contributed by atoms with E-state index in [1.807, 2.05) is 5.43 Å². The summed E-state index contributed by atoms with van der Waals surface area (Å²) in [6, 6.07) is 1.97. The Morgan fingerprint density at radius 3 is 2.50 bits per heavy atom. The maximum absolute atomic E-state index is 12.2. The van der Waals surface area contributed by atoms with Gasteiger partial charge in [-0.05, 0) is 12.1 Å². The average molecular weight is 213 g/mol. The van der Waals surface area contributed by atoms with Crippen molar-refractivity contribution in [2.45, 2.75) is 12.5 Å². The van der Waals surface area contributed by atoms with E-state index in [9.17, 15) is 8.78 Å². The molecule has 0 aromatic carbocycles. The van der Waals surface area contributed by atoms with Crippen molar-refractivity contribution in [2.75, 3.05) is 0 Å². The van der Waals surface area contributed by atoms with Gasteiger partial charge in [-0.15, -0.1) is 11.3 Å². The normalized spacial score (nSPS) is 13.8. The Bertz CT molecular complexity index is 253. The lowest BCUT2D eigenvalue weighted by atomic mass is 10.3. The van der Waals surface area contributed by atoms with Crippen LogP contribution < -0.4 is 11.3 Å². The van der Waals surface area contributed by atoms with Crippen LogP contribution in [0.5, 0.6) is 0 Å². The van der Waals surface area contributed by atoms with Gasteiger partial charge in [-0.3, -0.25) is 5.84 Å². The zero-order valence-corrected chi connectivity index (χ0v) is 7.50. The molecule has 0 radical (unpaired) electrons. The Balaban J connectivity index is 2.80. The second-order valence-corrected chi connectivity index (χ2v) is 3.87. The maximum atomic E-state index is 12.2. The summed E-state index contributed by atoms with van der Waals surface area (Å²) in [6.45, 7) is 0. The van der Waals surface area contributed by atoms with E-state index in [1.54, 1.807) is 6.07 Å². The molecule has 1 atom stereocenters. The minimum atomic E-state index is -2.52. The fourth-order valence-electron chi connectivity index (χ4n) is 0.774. The maximum Gasteiger partial charge on any atom is 0.259 e. The fourth-order valence-corrected chi connectivity index (χ4v) is 1.90. The quantitative estimate of drug-likeness (QED) is 0.595. The molecule has 68 valence electrons. The van der Waals surface area contributed by atoms with Crippen LogP contribution in [-0.2, 0) is 0 Å². The largest absolute Gasteiger partial charge is 0.271 e. The molecule has 1 rings (SSSR count). The number of nitrogens with two attached hydrogens (primary N) is 1. The van der Waals surface area contributed by atoms with Crippen molar-refractivity contribution in [1.29, 1.82) is 0 Å². The van der Waals surface area contributed by atoms with Crippen molar-refractivity contribution >= 4 is 22.9 Å². The van der Waals surface area contributed by atoms with Gasteiger partial charge in [-0.1, -0.05) is 11.6 Å². The van der Waals surface area contributed by atoms with E-state index in [4.69, 9.17) is 17.4 Å². The lowest BCUT2D eigenvalue weighted by Crippen LogP contribution is -2.32. The summed E-state index contributed by atoms with van der Waals surface area (Å²) in [5.74, 6) is 4.95.